The summed E-state index contributed by atoms with van der Waals surface area (Å²) in [6.07, 6.45) is 6.69. The zero-order valence-electron chi connectivity index (χ0n) is 25.6. The molecule has 11 heteroatoms. The quantitative estimate of drug-likeness (QED) is 0.200. The Labute approximate surface area is 281 Å². The molecule has 0 radical (unpaired) electrons. The summed E-state index contributed by atoms with van der Waals surface area (Å²) in [5.41, 5.74) is 2.66. The average molecular weight is 693 g/mol. The van der Waals surface area contributed by atoms with E-state index in [2.05, 4.69) is 5.32 Å². The largest absolute Gasteiger partial charge is 0.352 e. The smallest absolute Gasteiger partial charge is 0.243 e. The van der Waals surface area contributed by atoms with Gasteiger partial charge in [-0.15, -0.1) is 0 Å². The Kier molecular flexibility index (Phi) is 12.6. The van der Waals surface area contributed by atoms with E-state index in [0.29, 0.717) is 32.7 Å². The number of nitrogens with zero attached hydrogens (tertiary/aromatic N) is 2. The highest BCUT2D eigenvalue weighted by atomic mass is 35.5. The number of carbonyl (C=O) groups is 2. The molecule has 7 nitrogen and oxygen atoms in total. The molecule has 0 heterocycles. The lowest BCUT2D eigenvalue weighted by Gasteiger charge is -2.34. The third-order valence-electron chi connectivity index (χ3n) is 8.20. The highest BCUT2D eigenvalue weighted by Gasteiger charge is 2.33. The maximum Gasteiger partial charge on any atom is 0.243 e. The van der Waals surface area contributed by atoms with E-state index >= 15 is 0 Å². The van der Waals surface area contributed by atoms with E-state index < -0.39 is 16.1 Å². The van der Waals surface area contributed by atoms with Crippen LogP contribution in [0.5, 0.6) is 0 Å². The number of aryl methyl sites for hydroxylation is 1. The standard InChI is InChI=1S/C34H40Cl3N3O4S/c1-24-18-19-26(35)22-31(24)40(45(2,43)44)20-10-17-33(41)39(23-28-29(36)15-9-16-30(28)37)32(21-25-11-5-3-6-12-25)34(42)38-27-13-7-4-8-14-27/h3,5-6,9,11-12,15-16,18-19,22,27,32H,4,7-8,10,13-14,17,20-21,23H2,1-2H3,(H,38,42). The number of hydrogen-bond donors (Lipinski definition) is 1. The SMILES string of the molecule is Cc1ccc(Cl)cc1N(CCCC(=O)N(Cc1c(Cl)cccc1Cl)C(Cc1ccccc1)C(=O)NC1CCCCC1)S(C)(=O)=O. The van der Waals surface area contributed by atoms with Crippen molar-refractivity contribution in [2.75, 3.05) is 17.1 Å². The second kappa shape index (κ2) is 16.2. The second-order valence-electron chi connectivity index (χ2n) is 11.6. The molecule has 0 aliphatic heterocycles. The molecule has 1 aliphatic rings. The topological polar surface area (TPSA) is 86.8 Å². The molecule has 0 spiro atoms. The van der Waals surface area contributed by atoms with Crippen molar-refractivity contribution in [3.05, 3.63) is 98.5 Å². The first-order valence-corrected chi connectivity index (χ1v) is 18.2. The van der Waals surface area contributed by atoms with Gasteiger partial charge in [-0.3, -0.25) is 13.9 Å². The summed E-state index contributed by atoms with van der Waals surface area (Å²) in [4.78, 5) is 29.7. The summed E-state index contributed by atoms with van der Waals surface area (Å²) in [6.45, 7) is 1.89. The first-order valence-electron chi connectivity index (χ1n) is 15.2. The number of nitrogens with one attached hydrogen (secondary N) is 1. The Hall–Kier alpha value is -2.78. The van der Waals surface area contributed by atoms with E-state index in [4.69, 9.17) is 34.8 Å². The molecule has 45 heavy (non-hydrogen) atoms. The fourth-order valence-electron chi connectivity index (χ4n) is 5.79. The van der Waals surface area contributed by atoms with Gasteiger partial charge in [0.25, 0.3) is 0 Å². The van der Waals surface area contributed by atoms with Crippen molar-refractivity contribution in [1.82, 2.24) is 10.2 Å². The zero-order valence-corrected chi connectivity index (χ0v) is 28.7. The molecule has 1 atom stereocenters. The lowest BCUT2D eigenvalue weighted by molar-refractivity contribution is -0.141. The number of carbonyl (C=O) groups excluding carboxylic acids is 2. The summed E-state index contributed by atoms with van der Waals surface area (Å²) >= 11 is 19.3. The van der Waals surface area contributed by atoms with Crippen LogP contribution < -0.4 is 9.62 Å². The summed E-state index contributed by atoms with van der Waals surface area (Å²) in [7, 11) is -3.67. The lowest BCUT2D eigenvalue weighted by Crippen LogP contribution is -2.53. The van der Waals surface area contributed by atoms with Gasteiger partial charge in [-0.1, -0.05) is 96.5 Å². The van der Waals surface area contributed by atoms with Gasteiger partial charge >= 0.3 is 0 Å². The normalized spacial score (nSPS) is 14.5. The fraction of sp³-hybridized carbons (Fsp3) is 0.412. The van der Waals surface area contributed by atoms with Gasteiger partial charge in [-0.05, 0) is 61.6 Å². The van der Waals surface area contributed by atoms with Crippen LogP contribution in [0.4, 0.5) is 5.69 Å². The van der Waals surface area contributed by atoms with Crippen LogP contribution in [-0.4, -0.2) is 50.0 Å². The molecule has 1 aliphatic carbocycles. The van der Waals surface area contributed by atoms with E-state index in [9.17, 15) is 18.0 Å². The minimum Gasteiger partial charge on any atom is -0.352 e. The molecule has 2 amide bonds. The summed E-state index contributed by atoms with van der Waals surface area (Å²) in [6, 6.07) is 19.0. The van der Waals surface area contributed by atoms with Gasteiger partial charge < -0.3 is 10.2 Å². The van der Waals surface area contributed by atoms with Crippen molar-refractivity contribution in [3.63, 3.8) is 0 Å². The molecule has 3 aromatic rings. The third-order valence-corrected chi connectivity index (χ3v) is 10.3. The maximum absolute atomic E-state index is 14.2. The van der Waals surface area contributed by atoms with Crippen LogP contribution in [0.2, 0.25) is 15.1 Å². The predicted octanol–water partition coefficient (Wildman–Crippen LogP) is 7.59. The van der Waals surface area contributed by atoms with E-state index in [1.807, 2.05) is 37.3 Å². The number of hydrogen-bond acceptors (Lipinski definition) is 4. The number of benzene rings is 3. The van der Waals surface area contributed by atoms with Gasteiger partial charge in [-0.25, -0.2) is 8.42 Å². The van der Waals surface area contributed by atoms with Crippen LogP contribution in [0, 0.1) is 6.92 Å². The molecule has 4 rings (SSSR count). The molecule has 1 saturated carbocycles. The Morgan fingerprint density at radius 2 is 1.60 bits per heavy atom. The monoisotopic (exact) mass is 691 g/mol. The van der Waals surface area contributed by atoms with Crippen molar-refractivity contribution in [2.24, 2.45) is 0 Å². The minimum atomic E-state index is -3.67. The maximum atomic E-state index is 14.2. The molecule has 3 aromatic carbocycles. The third kappa shape index (κ3) is 9.85. The van der Waals surface area contributed by atoms with Crippen molar-refractivity contribution in [1.29, 1.82) is 0 Å². The van der Waals surface area contributed by atoms with Gasteiger partial charge in [0.2, 0.25) is 21.8 Å². The molecule has 1 fully saturated rings. The Bertz CT molecular complexity index is 1560. The molecule has 1 unspecified atom stereocenters. The van der Waals surface area contributed by atoms with E-state index in [-0.39, 0.29) is 43.8 Å². The molecule has 0 saturated heterocycles. The van der Waals surface area contributed by atoms with Gasteiger partial charge in [0.05, 0.1) is 11.9 Å². The first-order chi connectivity index (χ1) is 21.4. The zero-order chi connectivity index (χ0) is 32.6. The molecule has 242 valence electrons. The van der Waals surface area contributed by atoms with Gasteiger partial charge in [-0.2, -0.15) is 0 Å². The van der Waals surface area contributed by atoms with Gasteiger partial charge in [0, 0.05) is 52.6 Å². The van der Waals surface area contributed by atoms with Crippen molar-refractivity contribution in [2.45, 2.75) is 76.9 Å². The number of halogens is 3. The number of rotatable bonds is 13. The van der Waals surface area contributed by atoms with Gasteiger partial charge in [0.15, 0.2) is 0 Å². The molecular weight excluding hydrogens is 653 g/mol. The number of sulfonamides is 1. The Morgan fingerprint density at radius 3 is 2.24 bits per heavy atom. The molecular formula is C34H40Cl3N3O4S. The van der Waals surface area contributed by atoms with E-state index in [0.717, 1.165) is 49.5 Å². The van der Waals surface area contributed by atoms with E-state index in [1.54, 1.807) is 41.3 Å². The van der Waals surface area contributed by atoms with E-state index in [1.165, 1.54) is 4.31 Å². The van der Waals surface area contributed by atoms with Crippen LogP contribution in [-0.2, 0) is 32.6 Å². The van der Waals surface area contributed by atoms with Crippen LogP contribution in [0.15, 0.2) is 66.7 Å². The van der Waals surface area contributed by atoms with Crippen molar-refractivity contribution >= 4 is 62.3 Å². The molecule has 1 N–H and O–H groups in total. The molecule has 0 aromatic heterocycles. The minimum absolute atomic E-state index is 0.00426. The summed E-state index contributed by atoms with van der Waals surface area (Å²) in [5, 5.41) is 4.42. The highest BCUT2D eigenvalue weighted by Crippen LogP contribution is 2.29. The van der Waals surface area contributed by atoms with Crippen LogP contribution in [0.1, 0.15) is 61.6 Å². The lowest BCUT2D eigenvalue weighted by atomic mass is 9.94. The summed E-state index contributed by atoms with van der Waals surface area (Å²) in [5.74, 6) is -0.531. The first kappa shape index (κ1) is 35.1. The second-order valence-corrected chi connectivity index (χ2v) is 14.8. The Balaban J connectivity index is 1.64. The van der Waals surface area contributed by atoms with Gasteiger partial charge in [0.1, 0.15) is 6.04 Å². The van der Waals surface area contributed by atoms with Crippen LogP contribution >= 0.6 is 34.8 Å². The predicted molar refractivity (Wildman–Crippen MR) is 184 cm³/mol. The van der Waals surface area contributed by atoms with Crippen molar-refractivity contribution < 1.29 is 18.0 Å². The molecule has 0 bridgehead atoms. The highest BCUT2D eigenvalue weighted by molar-refractivity contribution is 7.92. The fourth-order valence-corrected chi connectivity index (χ4v) is 7.48. The van der Waals surface area contributed by atoms with Crippen molar-refractivity contribution in [3.8, 4) is 0 Å². The number of anilines is 1. The number of amides is 2. The van der Waals surface area contributed by atoms with Crippen LogP contribution in [0.3, 0.4) is 0 Å². The van der Waals surface area contributed by atoms with Crippen LogP contribution in [0.25, 0.3) is 0 Å². The Morgan fingerprint density at radius 1 is 0.933 bits per heavy atom. The summed E-state index contributed by atoms with van der Waals surface area (Å²) < 4.78 is 26.9. The average Bonchev–Trinajstić information content (AvgIpc) is 3.00.